The molecule has 30 heavy (non-hydrogen) atoms. The highest BCUT2D eigenvalue weighted by molar-refractivity contribution is 7.89. The summed E-state index contributed by atoms with van der Waals surface area (Å²) in [4.78, 5) is 13.7. The molecule has 7 nitrogen and oxygen atoms in total. The number of quaternary nitrogens is 1. The summed E-state index contributed by atoms with van der Waals surface area (Å²) in [7, 11) is -1.46. The lowest BCUT2D eigenvalue weighted by molar-refractivity contribution is -0.883. The van der Waals surface area contributed by atoms with E-state index in [2.05, 4.69) is 12.4 Å². The van der Waals surface area contributed by atoms with Crippen molar-refractivity contribution in [3.05, 3.63) is 52.5 Å². The van der Waals surface area contributed by atoms with E-state index in [-0.39, 0.29) is 17.4 Å². The van der Waals surface area contributed by atoms with E-state index in [9.17, 15) is 13.2 Å². The molecule has 162 valence electrons. The Morgan fingerprint density at radius 2 is 1.70 bits per heavy atom. The Morgan fingerprint density at radius 1 is 1.13 bits per heavy atom. The van der Waals surface area contributed by atoms with Gasteiger partial charge in [-0.25, -0.2) is 8.42 Å². The normalized spacial score (nSPS) is 15.7. The van der Waals surface area contributed by atoms with Crippen molar-refractivity contribution in [2.75, 3.05) is 45.2 Å². The molecule has 1 fully saturated rings. The van der Waals surface area contributed by atoms with Gasteiger partial charge in [-0.1, -0.05) is 11.6 Å². The highest BCUT2D eigenvalue weighted by Crippen LogP contribution is 2.26. The number of sulfonamides is 1. The third kappa shape index (κ3) is 5.31. The molecule has 1 saturated heterocycles. The number of anilines is 1. The molecule has 0 unspecified atom stereocenters. The molecule has 2 aromatic carbocycles. The van der Waals surface area contributed by atoms with Crippen molar-refractivity contribution in [2.24, 2.45) is 0 Å². The molecule has 1 aliphatic rings. The molecule has 1 amide bonds. The lowest BCUT2D eigenvalue weighted by atomic mass is 10.1. The highest BCUT2D eigenvalue weighted by Gasteiger charge is 2.29. The predicted molar refractivity (Wildman–Crippen MR) is 117 cm³/mol. The largest absolute Gasteiger partial charge is 0.484 e. The van der Waals surface area contributed by atoms with Crippen LogP contribution in [-0.4, -0.2) is 58.5 Å². The van der Waals surface area contributed by atoms with Crippen LogP contribution in [0.2, 0.25) is 5.02 Å². The topological polar surface area (TPSA) is 80.1 Å². The van der Waals surface area contributed by atoms with Crippen LogP contribution in [0.15, 0.2) is 41.3 Å². The van der Waals surface area contributed by atoms with E-state index in [1.54, 1.807) is 24.3 Å². The van der Waals surface area contributed by atoms with Gasteiger partial charge in [0.15, 0.2) is 6.61 Å². The van der Waals surface area contributed by atoms with Gasteiger partial charge >= 0.3 is 0 Å². The fourth-order valence-corrected chi connectivity index (χ4v) is 4.85. The minimum absolute atomic E-state index is 0.163. The van der Waals surface area contributed by atoms with Crippen molar-refractivity contribution in [1.29, 1.82) is 0 Å². The first-order valence-corrected chi connectivity index (χ1v) is 11.6. The van der Waals surface area contributed by atoms with Crippen molar-refractivity contribution in [1.82, 2.24) is 4.31 Å². The van der Waals surface area contributed by atoms with E-state index in [4.69, 9.17) is 16.3 Å². The average Bonchev–Trinajstić information content (AvgIpc) is 2.71. The van der Waals surface area contributed by atoms with Crippen LogP contribution in [0.1, 0.15) is 11.1 Å². The van der Waals surface area contributed by atoms with Crippen LogP contribution in [0.4, 0.5) is 5.69 Å². The molecule has 1 heterocycles. The summed E-state index contributed by atoms with van der Waals surface area (Å²) < 4.78 is 32.6. The number of aryl methyl sites for hydroxylation is 2. The number of nitrogens with zero attached hydrogens (tertiary/aromatic N) is 1. The molecule has 0 saturated carbocycles. The van der Waals surface area contributed by atoms with Gasteiger partial charge in [-0.05, 0) is 61.4 Å². The van der Waals surface area contributed by atoms with E-state index in [1.165, 1.54) is 21.3 Å². The predicted octanol–water partition coefficient (Wildman–Crippen LogP) is 1.49. The van der Waals surface area contributed by atoms with Crippen molar-refractivity contribution in [3.8, 4) is 5.75 Å². The quantitative estimate of drug-likeness (QED) is 0.696. The molecular weight excluding hydrogens is 426 g/mol. The number of rotatable bonds is 6. The summed E-state index contributed by atoms with van der Waals surface area (Å²) in [5, 5.41) is 3.40. The second-order valence-corrected chi connectivity index (χ2v) is 9.91. The van der Waals surface area contributed by atoms with Gasteiger partial charge in [0.25, 0.3) is 5.91 Å². The summed E-state index contributed by atoms with van der Waals surface area (Å²) in [6.07, 6.45) is 0. The minimum atomic E-state index is -3.52. The number of hydrogen-bond acceptors (Lipinski definition) is 4. The van der Waals surface area contributed by atoms with Crippen LogP contribution < -0.4 is 15.0 Å². The van der Waals surface area contributed by atoms with E-state index < -0.39 is 10.0 Å². The molecule has 0 spiro atoms. The zero-order valence-corrected chi connectivity index (χ0v) is 18.9. The second-order valence-electron chi connectivity index (χ2n) is 7.59. The Labute approximate surface area is 182 Å². The summed E-state index contributed by atoms with van der Waals surface area (Å²) in [5.41, 5.74) is 2.27. The number of carbonyl (C=O) groups is 1. The summed E-state index contributed by atoms with van der Waals surface area (Å²) >= 11 is 6.14. The molecule has 0 aromatic heterocycles. The van der Waals surface area contributed by atoms with Gasteiger partial charge in [-0.2, -0.15) is 4.31 Å². The number of ether oxygens (including phenoxy) is 1. The number of benzene rings is 2. The number of nitrogens with one attached hydrogen (secondary N) is 2. The van der Waals surface area contributed by atoms with Crippen molar-refractivity contribution in [2.45, 2.75) is 18.7 Å². The maximum Gasteiger partial charge on any atom is 0.262 e. The molecular formula is C21H27ClN3O4S+. The van der Waals surface area contributed by atoms with Gasteiger partial charge in [0.1, 0.15) is 5.75 Å². The van der Waals surface area contributed by atoms with Gasteiger partial charge in [0.05, 0.1) is 38.1 Å². The van der Waals surface area contributed by atoms with Crippen LogP contribution in [0.25, 0.3) is 0 Å². The van der Waals surface area contributed by atoms with Gasteiger partial charge in [0.2, 0.25) is 10.0 Å². The van der Waals surface area contributed by atoms with Crippen molar-refractivity contribution in [3.63, 3.8) is 0 Å². The Kier molecular flexibility index (Phi) is 7.02. The van der Waals surface area contributed by atoms with Gasteiger partial charge in [-0.15, -0.1) is 0 Å². The Morgan fingerprint density at radius 3 is 2.27 bits per heavy atom. The lowest BCUT2D eigenvalue weighted by Crippen LogP contribution is -3.12. The first-order chi connectivity index (χ1) is 14.2. The molecule has 0 atom stereocenters. The molecule has 1 aliphatic heterocycles. The highest BCUT2D eigenvalue weighted by atomic mass is 35.5. The first kappa shape index (κ1) is 22.6. The number of halogens is 1. The van der Waals surface area contributed by atoms with Crippen LogP contribution >= 0.6 is 11.6 Å². The van der Waals surface area contributed by atoms with Gasteiger partial charge in [-0.3, -0.25) is 4.79 Å². The number of hydrogen-bond donors (Lipinski definition) is 2. The second kappa shape index (κ2) is 9.34. The van der Waals surface area contributed by atoms with Crippen LogP contribution in [-0.2, 0) is 14.8 Å². The summed E-state index contributed by atoms with van der Waals surface area (Å²) in [6, 6.07) is 9.77. The van der Waals surface area contributed by atoms with Crippen LogP contribution in [0.3, 0.4) is 0 Å². The Hall–Kier alpha value is -2.13. The van der Waals surface area contributed by atoms with E-state index in [0.717, 1.165) is 24.2 Å². The SMILES string of the molecule is Cc1cc(OCC(=O)Nc2ccc(S(=O)(=O)N3CC[NH+](C)CC3)cc2)cc(C)c1Cl. The van der Waals surface area contributed by atoms with Crippen LogP contribution in [0.5, 0.6) is 5.75 Å². The third-order valence-corrected chi connectivity index (χ3v) is 7.64. The molecule has 2 N–H and O–H groups in total. The standard InChI is InChI=1S/C21H26ClN3O4S/c1-15-12-18(13-16(2)21(15)22)29-14-20(26)23-17-4-6-19(7-5-17)30(27,28)25-10-8-24(3)9-11-25/h4-7,12-13H,8-11,14H2,1-3H3,(H,23,26)/p+1. The van der Waals surface area contributed by atoms with Crippen molar-refractivity contribution < 1.29 is 22.8 Å². The minimum Gasteiger partial charge on any atom is -0.484 e. The molecule has 0 radical (unpaired) electrons. The molecule has 3 rings (SSSR count). The number of amides is 1. The number of carbonyl (C=O) groups excluding carboxylic acids is 1. The number of piperazine rings is 1. The van der Waals surface area contributed by atoms with Crippen molar-refractivity contribution >= 4 is 33.2 Å². The molecule has 2 aromatic rings. The van der Waals surface area contributed by atoms with Gasteiger partial charge in [0, 0.05) is 10.7 Å². The molecule has 9 heteroatoms. The summed E-state index contributed by atoms with van der Waals surface area (Å²) in [5.74, 6) is 0.234. The maximum absolute atomic E-state index is 12.8. The third-order valence-electron chi connectivity index (χ3n) is 5.13. The van der Waals surface area contributed by atoms with E-state index >= 15 is 0 Å². The maximum atomic E-state index is 12.8. The van der Waals surface area contributed by atoms with E-state index in [0.29, 0.717) is 29.5 Å². The average molecular weight is 453 g/mol. The van der Waals surface area contributed by atoms with Crippen LogP contribution in [0, 0.1) is 13.8 Å². The van der Waals surface area contributed by atoms with E-state index in [1.807, 2.05) is 13.8 Å². The summed E-state index contributed by atoms with van der Waals surface area (Å²) in [6.45, 7) is 6.19. The smallest absolute Gasteiger partial charge is 0.262 e. The Balaban J connectivity index is 1.58. The van der Waals surface area contributed by atoms with Gasteiger partial charge < -0.3 is 15.0 Å². The fraction of sp³-hybridized carbons (Fsp3) is 0.381. The zero-order chi connectivity index (χ0) is 21.9. The zero-order valence-electron chi connectivity index (χ0n) is 17.4. The fourth-order valence-electron chi connectivity index (χ4n) is 3.30. The number of likely N-dealkylation sites (N-methyl/N-ethyl adjacent to an activating group) is 1. The first-order valence-electron chi connectivity index (χ1n) is 9.78. The Bertz CT molecular complexity index is 994. The monoisotopic (exact) mass is 452 g/mol. The lowest BCUT2D eigenvalue weighted by Gasteiger charge is -2.29. The molecule has 0 bridgehead atoms. The molecule has 0 aliphatic carbocycles.